The van der Waals surface area contributed by atoms with Gasteiger partial charge in [-0.1, -0.05) is 143 Å². The molecule has 1 aromatic carbocycles. The normalized spacial score (nSPS) is 12.8. The van der Waals surface area contributed by atoms with E-state index in [0.29, 0.717) is 25.7 Å². The molecular weight excluding hydrogens is 554 g/mol. The highest BCUT2D eigenvalue weighted by molar-refractivity contribution is 5.77. The third-order valence-corrected chi connectivity index (χ3v) is 7.88. The number of amides is 1. The third kappa shape index (κ3) is 22.2. The van der Waals surface area contributed by atoms with Crippen molar-refractivity contribution < 1.29 is 15.0 Å². The van der Waals surface area contributed by atoms with Crippen LogP contribution in [0, 0.1) is 0 Å². The minimum atomic E-state index is -1.01. The standard InChI is InChI=1S/C41H63NO3/c1-3-5-7-9-11-12-13-14-15-16-17-18-19-20-21-22-23-25-27-29-40(45)42-41(36-43,37-44)35-34-39-32-30-38(31-33-39)28-26-24-10-8-6-4-2/h5,7,11-12,14-15,17-18,20-21,23,25,30-33,43-44H,3-4,6,8-10,13,16,19,22,24,26-29,34-37H2,1-2H3,(H,42,45). The van der Waals surface area contributed by atoms with Gasteiger partial charge in [-0.25, -0.2) is 0 Å². The van der Waals surface area contributed by atoms with E-state index in [1.54, 1.807) is 0 Å². The van der Waals surface area contributed by atoms with E-state index < -0.39 is 5.54 Å². The van der Waals surface area contributed by atoms with Gasteiger partial charge in [-0.3, -0.25) is 4.79 Å². The first kappa shape index (κ1) is 40.1. The highest BCUT2D eigenvalue weighted by atomic mass is 16.3. The first-order valence-electron chi connectivity index (χ1n) is 17.6. The van der Waals surface area contributed by atoms with Crippen LogP contribution in [0.4, 0.5) is 0 Å². The maximum atomic E-state index is 12.6. The Labute approximate surface area is 275 Å². The van der Waals surface area contributed by atoms with Gasteiger partial charge in [-0.15, -0.1) is 0 Å². The summed E-state index contributed by atoms with van der Waals surface area (Å²) in [5.74, 6) is -0.146. The molecule has 0 radical (unpaired) electrons. The molecule has 0 fully saturated rings. The van der Waals surface area contributed by atoms with Crippen molar-refractivity contribution in [1.82, 2.24) is 5.32 Å². The van der Waals surface area contributed by atoms with Gasteiger partial charge in [0.2, 0.25) is 5.91 Å². The van der Waals surface area contributed by atoms with E-state index in [0.717, 1.165) is 50.5 Å². The third-order valence-electron chi connectivity index (χ3n) is 7.88. The van der Waals surface area contributed by atoms with Crippen molar-refractivity contribution in [3.05, 3.63) is 108 Å². The zero-order valence-electron chi connectivity index (χ0n) is 28.5. The SMILES string of the molecule is CCC=CCC=CCC=CCC=CCC=CCC=CCCC(=O)NC(CO)(CO)CCc1ccc(CCCCCCCC)cc1. The number of nitrogens with one attached hydrogen (secondary N) is 1. The Bertz CT molecular complexity index is 1030. The van der Waals surface area contributed by atoms with Crippen molar-refractivity contribution in [3.8, 4) is 0 Å². The van der Waals surface area contributed by atoms with Crippen molar-refractivity contribution in [3.63, 3.8) is 0 Å². The van der Waals surface area contributed by atoms with Crippen LogP contribution in [0.5, 0.6) is 0 Å². The van der Waals surface area contributed by atoms with E-state index in [1.807, 2.05) is 6.08 Å². The van der Waals surface area contributed by atoms with E-state index in [9.17, 15) is 15.0 Å². The zero-order valence-corrected chi connectivity index (χ0v) is 28.5. The first-order chi connectivity index (χ1) is 22.1. The molecule has 0 aliphatic rings. The van der Waals surface area contributed by atoms with Gasteiger partial charge in [0, 0.05) is 6.42 Å². The largest absolute Gasteiger partial charge is 0.394 e. The number of allylic oxidation sites excluding steroid dienone is 12. The summed E-state index contributed by atoms with van der Waals surface area (Å²) in [6.45, 7) is 3.82. The van der Waals surface area contributed by atoms with Crippen molar-refractivity contribution >= 4 is 5.91 Å². The van der Waals surface area contributed by atoms with Crippen LogP contribution in [0.3, 0.4) is 0 Å². The Hall–Kier alpha value is -2.95. The Morgan fingerprint density at radius 1 is 0.622 bits per heavy atom. The molecule has 0 bridgehead atoms. The lowest BCUT2D eigenvalue weighted by atomic mass is 9.91. The number of aryl methyl sites for hydroxylation is 2. The number of carbonyl (C=O) groups excluding carboxylic acids is 1. The predicted molar refractivity (Wildman–Crippen MR) is 194 cm³/mol. The quantitative estimate of drug-likeness (QED) is 0.0680. The molecule has 0 saturated heterocycles. The molecule has 250 valence electrons. The van der Waals surface area contributed by atoms with Crippen LogP contribution >= 0.6 is 0 Å². The van der Waals surface area contributed by atoms with Gasteiger partial charge in [-0.05, 0) is 81.8 Å². The van der Waals surface area contributed by atoms with Gasteiger partial charge in [0.15, 0.2) is 0 Å². The summed E-state index contributed by atoms with van der Waals surface area (Å²) in [5, 5.41) is 23.0. The number of carbonyl (C=O) groups is 1. The molecule has 0 atom stereocenters. The summed E-state index contributed by atoms with van der Waals surface area (Å²) < 4.78 is 0. The molecule has 0 saturated carbocycles. The number of hydrogen-bond acceptors (Lipinski definition) is 3. The van der Waals surface area contributed by atoms with Gasteiger partial charge in [0.25, 0.3) is 0 Å². The molecule has 4 heteroatoms. The minimum Gasteiger partial charge on any atom is -0.394 e. The monoisotopic (exact) mass is 617 g/mol. The molecule has 1 rings (SSSR count). The average molecular weight is 618 g/mol. The second-order valence-corrected chi connectivity index (χ2v) is 11.9. The van der Waals surface area contributed by atoms with Crippen LogP contribution in [-0.4, -0.2) is 34.9 Å². The molecule has 3 N–H and O–H groups in total. The van der Waals surface area contributed by atoms with Gasteiger partial charge < -0.3 is 15.5 Å². The number of rotatable bonds is 27. The minimum absolute atomic E-state index is 0.146. The number of benzene rings is 1. The van der Waals surface area contributed by atoms with Gasteiger partial charge in [0.1, 0.15) is 0 Å². The molecule has 45 heavy (non-hydrogen) atoms. The Kier molecular flexibility index (Phi) is 25.4. The second-order valence-electron chi connectivity index (χ2n) is 11.9. The molecule has 0 aromatic heterocycles. The second kappa shape index (κ2) is 28.5. The molecule has 0 spiro atoms. The van der Waals surface area contributed by atoms with E-state index in [-0.39, 0.29) is 19.1 Å². The van der Waals surface area contributed by atoms with Crippen molar-refractivity contribution in [1.29, 1.82) is 0 Å². The van der Waals surface area contributed by atoms with Crippen molar-refractivity contribution in [2.75, 3.05) is 13.2 Å². The summed E-state index contributed by atoms with van der Waals surface area (Å²) in [6.07, 6.45) is 42.8. The Morgan fingerprint density at radius 3 is 1.56 bits per heavy atom. The number of hydrogen-bond donors (Lipinski definition) is 3. The predicted octanol–water partition coefficient (Wildman–Crippen LogP) is 9.84. The summed E-state index contributed by atoms with van der Waals surface area (Å²) in [4.78, 5) is 12.6. The van der Waals surface area contributed by atoms with E-state index in [4.69, 9.17) is 0 Å². The lowest BCUT2D eigenvalue weighted by molar-refractivity contribution is -0.124. The number of aliphatic hydroxyl groups is 2. The van der Waals surface area contributed by atoms with Crippen LogP contribution in [-0.2, 0) is 17.6 Å². The Morgan fingerprint density at radius 2 is 1.07 bits per heavy atom. The fourth-order valence-corrected chi connectivity index (χ4v) is 4.93. The summed E-state index contributed by atoms with van der Waals surface area (Å²) in [5.41, 5.74) is 1.50. The highest BCUT2D eigenvalue weighted by Gasteiger charge is 2.30. The lowest BCUT2D eigenvalue weighted by Gasteiger charge is -2.31. The fourth-order valence-electron chi connectivity index (χ4n) is 4.93. The summed E-state index contributed by atoms with van der Waals surface area (Å²) >= 11 is 0. The van der Waals surface area contributed by atoms with Crippen LogP contribution < -0.4 is 5.32 Å². The van der Waals surface area contributed by atoms with Crippen molar-refractivity contribution in [2.24, 2.45) is 0 Å². The van der Waals surface area contributed by atoms with E-state index in [1.165, 1.54) is 44.1 Å². The van der Waals surface area contributed by atoms with Crippen LogP contribution in [0.25, 0.3) is 0 Å². The van der Waals surface area contributed by atoms with E-state index in [2.05, 4.69) is 110 Å². The maximum absolute atomic E-state index is 12.6. The summed E-state index contributed by atoms with van der Waals surface area (Å²) in [6, 6.07) is 8.64. The van der Waals surface area contributed by atoms with Crippen molar-refractivity contribution in [2.45, 2.75) is 129 Å². The molecule has 0 aliphatic heterocycles. The molecule has 0 aliphatic carbocycles. The topological polar surface area (TPSA) is 69.6 Å². The first-order valence-corrected chi connectivity index (χ1v) is 17.6. The van der Waals surface area contributed by atoms with Crippen LogP contribution in [0.2, 0.25) is 0 Å². The van der Waals surface area contributed by atoms with Gasteiger partial charge in [-0.2, -0.15) is 0 Å². The smallest absolute Gasteiger partial charge is 0.220 e. The molecule has 4 nitrogen and oxygen atoms in total. The fraction of sp³-hybridized carbons (Fsp3) is 0.537. The number of unbranched alkanes of at least 4 members (excludes halogenated alkanes) is 5. The Balaban J connectivity index is 2.24. The van der Waals surface area contributed by atoms with Gasteiger partial charge >= 0.3 is 0 Å². The average Bonchev–Trinajstić information content (AvgIpc) is 3.06. The molecule has 1 amide bonds. The molecule has 0 heterocycles. The van der Waals surface area contributed by atoms with Crippen LogP contribution in [0.15, 0.2) is 97.2 Å². The molecular formula is C41H63NO3. The van der Waals surface area contributed by atoms with Crippen LogP contribution in [0.1, 0.15) is 121 Å². The number of aliphatic hydroxyl groups excluding tert-OH is 2. The van der Waals surface area contributed by atoms with E-state index >= 15 is 0 Å². The maximum Gasteiger partial charge on any atom is 0.220 e. The molecule has 1 aromatic rings. The lowest BCUT2D eigenvalue weighted by Crippen LogP contribution is -2.54. The zero-order chi connectivity index (χ0) is 32.7. The van der Waals surface area contributed by atoms with Gasteiger partial charge in [0.05, 0.1) is 18.8 Å². The highest BCUT2D eigenvalue weighted by Crippen LogP contribution is 2.17. The summed E-state index contributed by atoms with van der Waals surface area (Å²) in [7, 11) is 0. The molecule has 0 unspecified atom stereocenters.